The molecule has 0 unspecified atom stereocenters. The second kappa shape index (κ2) is 6.05. The van der Waals surface area contributed by atoms with Crippen molar-refractivity contribution in [1.29, 1.82) is 0 Å². The van der Waals surface area contributed by atoms with Gasteiger partial charge in [-0.25, -0.2) is 4.79 Å². The van der Waals surface area contributed by atoms with Crippen LogP contribution in [0.4, 0.5) is 5.69 Å². The minimum atomic E-state index is -0.938. The summed E-state index contributed by atoms with van der Waals surface area (Å²) < 4.78 is 0. The molecule has 0 aromatic heterocycles. The number of hydrogen-bond donors (Lipinski definition) is 2. The monoisotopic (exact) mass is 250 g/mol. The lowest BCUT2D eigenvalue weighted by atomic mass is 10.1. The SMILES string of the molecule is Cc1cc(C(=O)O)ccc1NCCC(=O)N(C)C. The van der Waals surface area contributed by atoms with Gasteiger partial charge in [-0.1, -0.05) is 0 Å². The number of rotatable bonds is 5. The van der Waals surface area contributed by atoms with Crippen molar-refractivity contribution < 1.29 is 14.7 Å². The van der Waals surface area contributed by atoms with Gasteiger partial charge in [-0.3, -0.25) is 4.79 Å². The quantitative estimate of drug-likeness (QED) is 0.832. The number of carboxylic acid groups (broad SMARTS) is 1. The summed E-state index contributed by atoms with van der Waals surface area (Å²) in [6, 6.07) is 4.88. The maximum absolute atomic E-state index is 11.4. The number of carbonyl (C=O) groups excluding carboxylic acids is 1. The Hall–Kier alpha value is -2.04. The molecule has 2 N–H and O–H groups in total. The van der Waals surface area contributed by atoms with Crippen molar-refractivity contribution in [3.8, 4) is 0 Å². The van der Waals surface area contributed by atoms with Gasteiger partial charge >= 0.3 is 5.97 Å². The molecule has 0 saturated carbocycles. The van der Waals surface area contributed by atoms with Crippen LogP contribution in [0.3, 0.4) is 0 Å². The smallest absolute Gasteiger partial charge is 0.335 e. The molecule has 0 bridgehead atoms. The first-order valence-corrected chi connectivity index (χ1v) is 5.70. The van der Waals surface area contributed by atoms with E-state index in [2.05, 4.69) is 5.32 Å². The number of aryl methyl sites for hydroxylation is 1. The third kappa shape index (κ3) is 3.76. The highest BCUT2D eigenvalue weighted by Gasteiger charge is 2.06. The predicted molar refractivity (Wildman–Crippen MR) is 69.9 cm³/mol. The summed E-state index contributed by atoms with van der Waals surface area (Å²) >= 11 is 0. The van der Waals surface area contributed by atoms with Gasteiger partial charge in [0.1, 0.15) is 0 Å². The topological polar surface area (TPSA) is 69.6 Å². The largest absolute Gasteiger partial charge is 0.478 e. The first-order chi connectivity index (χ1) is 8.41. The fourth-order valence-corrected chi connectivity index (χ4v) is 1.52. The third-order valence-corrected chi connectivity index (χ3v) is 2.63. The van der Waals surface area contributed by atoms with E-state index in [4.69, 9.17) is 5.11 Å². The molecule has 0 atom stereocenters. The Bertz CT molecular complexity index is 456. The number of carboxylic acids is 1. The lowest BCUT2D eigenvalue weighted by Gasteiger charge is -2.12. The van der Waals surface area contributed by atoms with E-state index in [1.165, 1.54) is 0 Å². The molecule has 0 saturated heterocycles. The number of hydrogen-bond acceptors (Lipinski definition) is 3. The summed E-state index contributed by atoms with van der Waals surface area (Å²) in [6.07, 6.45) is 0.410. The molecule has 0 fully saturated rings. The molecule has 0 aliphatic rings. The average Bonchev–Trinajstić information content (AvgIpc) is 2.30. The molecule has 0 heterocycles. The fourth-order valence-electron chi connectivity index (χ4n) is 1.52. The van der Waals surface area contributed by atoms with Crippen molar-refractivity contribution in [2.24, 2.45) is 0 Å². The van der Waals surface area contributed by atoms with Crippen molar-refractivity contribution in [3.63, 3.8) is 0 Å². The van der Waals surface area contributed by atoms with Crippen molar-refractivity contribution in [3.05, 3.63) is 29.3 Å². The first kappa shape index (κ1) is 14.0. The van der Waals surface area contributed by atoms with Crippen LogP contribution in [0.1, 0.15) is 22.3 Å². The van der Waals surface area contributed by atoms with E-state index in [1.807, 2.05) is 6.92 Å². The Labute approximate surface area is 106 Å². The van der Waals surface area contributed by atoms with Crippen molar-refractivity contribution in [2.75, 3.05) is 26.0 Å². The Morgan fingerprint density at radius 1 is 1.33 bits per heavy atom. The van der Waals surface area contributed by atoms with Crippen LogP contribution in [0.15, 0.2) is 18.2 Å². The number of nitrogens with one attached hydrogen (secondary N) is 1. The van der Waals surface area contributed by atoms with Crippen LogP contribution >= 0.6 is 0 Å². The lowest BCUT2D eigenvalue weighted by Crippen LogP contribution is -2.24. The van der Waals surface area contributed by atoms with Crippen molar-refractivity contribution in [2.45, 2.75) is 13.3 Å². The molecule has 5 heteroatoms. The van der Waals surface area contributed by atoms with E-state index in [9.17, 15) is 9.59 Å². The molecule has 18 heavy (non-hydrogen) atoms. The van der Waals surface area contributed by atoms with E-state index < -0.39 is 5.97 Å². The van der Waals surface area contributed by atoms with Gasteiger partial charge in [-0.2, -0.15) is 0 Å². The van der Waals surface area contributed by atoms with Crippen LogP contribution in [-0.2, 0) is 4.79 Å². The van der Waals surface area contributed by atoms with Crippen molar-refractivity contribution in [1.82, 2.24) is 4.90 Å². The summed E-state index contributed by atoms with van der Waals surface area (Å²) in [5.41, 5.74) is 1.97. The zero-order valence-electron chi connectivity index (χ0n) is 10.9. The lowest BCUT2D eigenvalue weighted by molar-refractivity contribution is -0.128. The van der Waals surface area contributed by atoms with E-state index in [0.29, 0.717) is 13.0 Å². The van der Waals surface area contributed by atoms with Crippen LogP contribution in [0.5, 0.6) is 0 Å². The van der Waals surface area contributed by atoms with Crippen LogP contribution in [0.2, 0.25) is 0 Å². The summed E-state index contributed by atoms with van der Waals surface area (Å²) in [5.74, 6) is -0.880. The molecule has 1 rings (SSSR count). The van der Waals surface area contributed by atoms with Crippen LogP contribution in [-0.4, -0.2) is 42.5 Å². The van der Waals surface area contributed by atoms with Crippen LogP contribution in [0, 0.1) is 6.92 Å². The minimum absolute atomic E-state index is 0.0577. The summed E-state index contributed by atoms with van der Waals surface area (Å²) in [6.45, 7) is 2.37. The highest BCUT2D eigenvalue weighted by molar-refractivity contribution is 5.88. The Balaban J connectivity index is 2.58. The normalized spacial score (nSPS) is 9.94. The van der Waals surface area contributed by atoms with E-state index in [1.54, 1.807) is 37.2 Å². The number of anilines is 1. The number of benzene rings is 1. The molecule has 0 aliphatic carbocycles. The molecule has 1 amide bonds. The van der Waals surface area contributed by atoms with Gasteiger partial charge in [0.15, 0.2) is 0 Å². The molecule has 5 nitrogen and oxygen atoms in total. The summed E-state index contributed by atoms with van der Waals surface area (Å²) in [7, 11) is 3.43. The Kier molecular flexibility index (Phi) is 4.71. The number of aromatic carboxylic acids is 1. The fraction of sp³-hybridized carbons (Fsp3) is 0.385. The zero-order valence-corrected chi connectivity index (χ0v) is 10.9. The van der Waals surface area contributed by atoms with Gasteiger partial charge in [0.25, 0.3) is 0 Å². The Morgan fingerprint density at radius 3 is 2.50 bits per heavy atom. The zero-order chi connectivity index (χ0) is 13.7. The number of amides is 1. The van der Waals surface area contributed by atoms with Gasteiger partial charge in [0.2, 0.25) is 5.91 Å². The average molecular weight is 250 g/mol. The molecule has 0 spiro atoms. The predicted octanol–water partition coefficient (Wildman–Crippen LogP) is 1.58. The summed E-state index contributed by atoms with van der Waals surface area (Å²) in [5, 5.41) is 12.0. The molecule has 1 aromatic carbocycles. The highest BCUT2D eigenvalue weighted by Crippen LogP contribution is 2.16. The molecule has 0 radical (unpaired) electrons. The minimum Gasteiger partial charge on any atom is -0.478 e. The van der Waals surface area contributed by atoms with E-state index in [-0.39, 0.29) is 11.5 Å². The number of carbonyl (C=O) groups is 2. The van der Waals surface area contributed by atoms with E-state index in [0.717, 1.165) is 11.3 Å². The molecule has 0 aliphatic heterocycles. The molecular weight excluding hydrogens is 232 g/mol. The number of nitrogens with zero attached hydrogens (tertiary/aromatic N) is 1. The van der Waals surface area contributed by atoms with Gasteiger partial charge in [0.05, 0.1) is 5.56 Å². The van der Waals surface area contributed by atoms with Crippen LogP contribution in [0.25, 0.3) is 0 Å². The molecule has 1 aromatic rings. The molecular formula is C13H18N2O3. The standard InChI is InChI=1S/C13H18N2O3/c1-9-8-10(13(17)18)4-5-11(9)14-7-6-12(16)15(2)3/h4-5,8,14H,6-7H2,1-3H3,(H,17,18). The Morgan fingerprint density at radius 2 is 2.00 bits per heavy atom. The van der Waals surface area contributed by atoms with E-state index >= 15 is 0 Å². The van der Waals surface area contributed by atoms with Gasteiger partial charge in [-0.05, 0) is 30.7 Å². The third-order valence-electron chi connectivity index (χ3n) is 2.63. The first-order valence-electron chi connectivity index (χ1n) is 5.70. The maximum atomic E-state index is 11.4. The molecule has 98 valence electrons. The van der Waals surface area contributed by atoms with Gasteiger partial charge in [-0.15, -0.1) is 0 Å². The summed E-state index contributed by atoms with van der Waals surface area (Å²) in [4.78, 5) is 23.7. The van der Waals surface area contributed by atoms with Gasteiger partial charge < -0.3 is 15.3 Å². The maximum Gasteiger partial charge on any atom is 0.335 e. The second-order valence-corrected chi connectivity index (χ2v) is 4.30. The second-order valence-electron chi connectivity index (χ2n) is 4.30. The van der Waals surface area contributed by atoms with Gasteiger partial charge in [0, 0.05) is 32.7 Å². The highest BCUT2D eigenvalue weighted by atomic mass is 16.4. The van der Waals surface area contributed by atoms with Crippen molar-refractivity contribution >= 4 is 17.6 Å². The van der Waals surface area contributed by atoms with Crippen LogP contribution < -0.4 is 5.32 Å².